The minimum Gasteiger partial charge on any atom is -0.481 e. The maximum absolute atomic E-state index is 11.7. The van der Waals surface area contributed by atoms with Crippen LogP contribution in [0.25, 0.3) is 0 Å². The summed E-state index contributed by atoms with van der Waals surface area (Å²) < 4.78 is 0. The number of nitrogens with one attached hydrogen (secondary N) is 1. The number of aliphatic carboxylic acids is 1. The Morgan fingerprint density at radius 2 is 2.28 bits per heavy atom. The summed E-state index contributed by atoms with van der Waals surface area (Å²) in [5.41, 5.74) is 5.57. The number of rotatable bonds is 7. The molecule has 0 saturated carbocycles. The lowest BCUT2D eigenvalue weighted by Crippen LogP contribution is -2.30. The Morgan fingerprint density at radius 3 is 2.78 bits per heavy atom. The molecule has 0 aliphatic rings. The highest BCUT2D eigenvalue weighted by molar-refractivity contribution is 7.10. The van der Waals surface area contributed by atoms with Gasteiger partial charge in [0.05, 0.1) is 12.5 Å². The summed E-state index contributed by atoms with van der Waals surface area (Å²) in [6.45, 7) is 1.83. The molecule has 1 aromatic rings. The molecule has 0 fully saturated rings. The van der Waals surface area contributed by atoms with E-state index in [4.69, 9.17) is 10.8 Å². The summed E-state index contributed by atoms with van der Waals surface area (Å²) in [6, 6.07) is 3.17. The fraction of sp³-hybridized carbons (Fsp3) is 0.500. The van der Waals surface area contributed by atoms with Crippen molar-refractivity contribution in [3.63, 3.8) is 0 Å². The molecule has 0 spiro atoms. The molecule has 0 bridgehead atoms. The molecule has 1 amide bonds. The molecule has 5 nitrogen and oxygen atoms in total. The molecule has 1 aromatic heterocycles. The van der Waals surface area contributed by atoms with E-state index in [0.29, 0.717) is 12.8 Å². The average Bonchev–Trinajstić information content (AvgIpc) is 2.78. The summed E-state index contributed by atoms with van der Waals surface area (Å²) in [5, 5.41) is 13.4. The van der Waals surface area contributed by atoms with Crippen molar-refractivity contribution in [1.82, 2.24) is 5.32 Å². The van der Waals surface area contributed by atoms with E-state index in [9.17, 15) is 9.59 Å². The van der Waals surface area contributed by atoms with E-state index < -0.39 is 12.0 Å². The van der Waals surface area contributed by atoms with Crippen LogP contribution in [0.4, 0.5) is 0 Å². The Balaban J connectivity index is 2.56. The lowest BCUT2D eigenvalue weighted by atomic mass is 10.1. The summed E-state index contributed by atoms with van der Waals surface area (Å²) in [4.78, 5) is 23.3. The highest BCUT2D eigenvalue weighted by Crippen LogP contribution is 2.22. The summed E-state index contributed by atoms with van der Waals surface area (Å²) in [6.07, 6.45) is 0.805. The molecule has 100 valence electrons. The van der Waals surface area contributed by atoms with Crippen molar-refractivity contribution in [3.8, 4) is 0 Å². The van der Waals surface area contributed by atoms with Gasteiger partial charge in [0.1, 0.15) is 0 Å². The molecule has 0 aliphatic heterocycles. The standard InChI is InChI=1S/C12H18N2O3S/c1-8(13)4-5-11(15)14-9(7-12(16)17)10-3-2-6-18-10/h2-3,6,8-9H,4-5,7,13H2,1H3,(H,14,15)(H,16,17). The van der Waals surface area contributed by atoms with Gasteiger partial charge in [0.15, 0.2) is 0 Å². The number of thiophene rings is 1. The van der Waals surface area contributed by atoms with Crippen LogP contribution < -0.4 is 11.1 Å². The zero-order valence-corrected chi connectivity index (χ0v) is 11.1. The first-order valence-electron chi connectivity index (χ1n) is 5.79. The maximum Gasteiger partial charge on any atom is 0.305 e. The average molecular weight is 270 g/mol. The zero-order valence-electron chi connectivity index (χ0n) is 10.3. The smallest absolute Gasteiger partial charge is 0.305 e. The van der Waals surface area contributed by atoms with Crippen molar-refractivity contribution in [2.75, 3.05) is 0 Å². The lowest BCUT2D eigenvalue weighted by molar-refractivity contribution is -0.137. The number of hydrogen-bond acceptors (Lipinski definition) is 4. The van der Waals surface area contributed by atoms with Gasteiger partial charge < -0.3 is 16.2 Å². The predicted octanol–water partition coefficient (Wildman–Crippen LogP) is 1.51. The topological polar surface area (TPSA) is 92.4 Å². The molecule has 2 atom stereocenters. The van der Waals surface area contributed by atoms with Crippen molar-refractivity contribution >= 4 is 23.2 Å². The maximum atomic E-state index is 11.7. The Bertz CT molecular complexity index is 390. The Hall–Kier alpha value is -1.40. The van der Waals surface area contributed by atoms with Gasteiger partial charge >= 0.3 is 5.97 Å². The third kappa shape index (κ3) is 5.29. The predicted molar refractivity (Wildman–Crippen MR) is 70.3 cm³/mol. The lowest BCUT2D eigenvalue weighted by Gasteiger charge is -2.16. The monoisotopic (exact) mass is 270 g/mol. The van der Waals surface area contributed by atoms with E-state index in [2.05, 4.69) is 5.32 Å². The summed E-state index contributed by atoms with van der Waals surface area (Å²) in [7, 11) is 0. The van der Waals surface area contributed by atoms with Gasteiger partial charge in [0.2, 0.25) is 5.91 Å². The van der Waals surface area contributed by atoms with Gasteiger partial charge in [-0.3, -0.25) is 9.59 Å². The minimum atomic E-state index is -0.930. The van der Waals surface area contributed by atoms with Crippen LogP contribution in [0.2, 0.25) is 0 Å². The van der Waals surface area contributed by atoms with Crippen molar-refractivity contribution < 1.29 is 14.7 Å². The first kappa shape index (κ1) is 14.7. The first-order valence-corrected chi connectivity index (χ1v) is 6.67. The number of carbonyl (C=O) groups excluding carboxylic acids is 1. The minimum absolute atomic E-state index is 0.0320. The summed E-state index contributed by atoms with van der Waals surface area (Å²) >= 11 is 1.44. The van der Waals surface area contributed by atoms with Gasteiger partial charge in [-0.15, -0.1) is 11.3 Å². The van der Waals surface area contributed by atoms with Crippen LogP contribution in [0, 0.1) is 0 Å². The Kier molecular flexibility index (Phi) is 5.80. The molecular formula is C12H18N2O3S. The number of carbonyl (C=O) groups is 2. The van der Waals surface area contributed by atoms with E-state index in [1.807, 2.05) is 24.4 Å². The number of carboxylic acids is 1. The van der Waals surface area contributed by atoms with Gasteiger partial charge in [-0.1, -0.05) is 6.07 Å². The Labute approximate surface area is 110 Å². The molecule has 1 heterocycles. The number of hydrogen-bond donors (Lipinski definition) is 3. The molecule has 4 N–H and O–H groups in total. The normalized spacial score (nSPS) is 13.9. The van der Waals surface area contributed by atoms with Crippen molar-refractivity contribution in [1.29, 1.82) is 0 Å². The largest absolute Gasteiger partial charge is 0.481 e. The fourth-order valence-electron chi connectivity index (χ4n) is 1.51. The van der Waals surface area contributed by atoms with Gasteiger partial charge in [-0.25, -0.2) is 0 Å². The fourth-order valence-corrected chi connectivity index (χ4v) is 2.29. The van der Waals surface area contributed by atoms with Crippen molar-refractivity contribution in [2.45, 2.75) is 38.3 Å². The van der Waals surface area contributed by atoms with E-state index in [0.717, 1.165) is 4.88 Å². The van der Waals surface area contributed by atoms with Crippen molar-refractivity contribution in [3.05, 3.63) is 22.4 Å². The van der Waals surface area contributed by atoms with Crippen LogP contribution >= 0.6 is 11.3 Å². The number of amides is 1. The second kappa shape index (κ2) is 7.13. The van der Waals surface area contributed by atoms with E-state index in [1.54, 1.807) is 0 Å². The molecule has 0 aliphatic carbocycles. The number of nitrogens with two attached hydrogens (primary N) is 1. The highest BCUT2D eigenvalue weighted by atomic mass is 32.1. The van der Waals surface area contributed by atoms with E-state index in [1.165, 1.54) is 11.3 Å². The van der Waals surface area contributed by atoms with Gasteiger partial charge in [0, 0.05) is 17.3 Å². The Morgan fingerprint density at radius 1 is 1.56 bits per heavy atom. The van der Waals surface area contributed by atoms with Crippen LogP contribution in [0.15, 0.2) is 17.5 Å². The van der Waals surface area contributed by atoms with Crippen LogP contribution in [0.3, 0.4) is 0 Å². The van der Waals surface area contributed by atoms with Crippen LogP contribution in [0.1, 0.15) is 37.1 Å². The highest BCUT2D eigenvalue weighted by Gasteiger charge is 2.18. The molecule has 1 rings (SSSR count). The van der Waals surface area contributed by atoms with Crippen molar-refractivity contribution in [2.24, 2.45) is 5.73 Å². The van der Waals surface area contributed by atoms with Gasteiger partial charge in [-0.2, -0.15) is 0 Å². The molecule has 18 heavy (non-hydrogen) atoms. The van der Waals surface area contributed by atoms with Crippen LogP contribution in [0.5, 0.6) is 0 Å². The molecule has 0 radical (unpaired) electrons. The number of carboxylic acid groups (broad SMARTS) is 1. The summed E-state index contributed by atoms with van der Waals surface area (Å²) in [5.74, 6) is -1.09. The third-order valence-electron chi connectivity index (χ3n) is 2.43. The molecular weight excluding hydrogens is 252 g/mol. The van der Waals surface area contributed by atoms with Crippen LogP contribution in [-0.4, -0.2) is 23.0 Å². The van der Waals surface area contributed by atoms with Gasteiger partial charge in [-0.05, 0) is 24.8 Å². The zero-order chi connectivity index (χ0) is 13.5. The van der Waals surface area contributed by atoms with E-state index >= 15 is 0 Å². The van der Waals surface area contributed by atoms with Gasteiger partial charge in [0.25, 0.3) is 0 Å². The molecule has 0 saturated heterocycles. The van der Waals surface area contributed by atoms with Crippen LogP contribution in [-0.2, 0) is 9.59 Å². The molecule has 2 unspecified atom stereocenters. The first-order chi connectivity index (χ1) is 8.49. The second-order valence-corrected chi connectivity index (χ2v) is 5.23. The van der Waals surface area contributed by atoms with E-state index in [-0.39, 0.29) is 18.4 Å². The molecule has 0 aromatic carbocycles. The second-order valence-electron chi connectivity index (χ2n) is 4.25. The third-order valence-corrected chi connectivity index (χ3v) is 3.41. The SMILES string of the molecule is CC(N)CCC(=O)NC(CC(=O)O)c1cccs1. The molecule has 6 heteroatoms. The quantitative estimate of drug-likeness (QED) is 0.700.